The van der Waals surface area contributed by atoms with Crippen molar-refractivity contribution in [2.75, 3.05) is 0 Å². The minimum Gasteiger partial charge on any atom is -0.382 e. The Bertz CT molecular complexity index is 696. The van der Waals surface area contributed by atoms with Gasteiger partial charge in [-0.1, -0.05) is 41.9 Å². The van der Waals surface area contributed by atoms with Crippen LogP contribution in [0, 0.1) is 0 Å². The average Bonchev–Trinajstić information content (AvgIpc) is 2.48. The summed E-state index contributed by atoms with van der Waals surface area (Å²) < 4.78 is 29.8. The number of rotatable bonds is 6. The largest absolute Gasteiger partial charge is 0.382 e. The summed E-state index contributed by atoms with van der Waals surface area (Å²) in [6.07, 6.45) is 0.403. The highest BCUT2D eigenvalue weighted by Crippen LogP contribution is 2.28. The van der Waals surface area contributed by atoms with E-state index in [9.17, 15) is 13.2 Å². The zero-order valence-corrected chi connectivity index (χ0v) is 12.5. The second kappa shape index (κ2) is 6.74. The van der Waals surface area contributed by atoms with Gasteiger partial charge >= 0.3 is 10.1 Å². The van der Waals surface area contributed by atoms with Gasteiger partial charge in [-0.25, -0.2) is 0 Å². The quantitative estimate of drug-likeness (QED) is 0.603. The second-order valence-corrected chi connectivity index (χ2v) is 6.49. The van der Waals surface area contributed by atoms with Crippen molar-refractivity contribution in [3.8, 4) is 5.75 Å². The zero-order chi connectivity index (χ0) is 15.3. The molecule has 21 heavy (non-hydrogen) atoms. The highest BCUT2D eigenvalue weighted by molar-refractivity contribution is 7.87. The van der Waals surface area contributed by atoms with E-state index in [0.717, 1.165) is 0 Å². The monoisotopic (exact) mass is 324 g/mol. The molecule has 4 nitrogen and oxygen atoms in total. The highest BCUT2D eigenvalue weighted by Gasteiger charge is 2.29. The van der Waals surface area contributed by atoms with Crippen LogP contribution in [0.25, 0.3) is 0 Å². The molecule has 0 radical (unpaired) electrons. The standard InChI is InChI=1S/C15H13ClO4S/c16-13-6-8-14(9-7-13)20-21(18,19)15(10-11-17)12-4-2-1-3-5-12/h1-9,11,15H,10H2. The van der Waals surface area contributed by atoms with E-state index >= 15 is 0 Å². The van der Waals surface area contributed by atoms with Crippen LogP contribution >= 0.6 is 11.6 Å². The maximum Gasteiger partial charge on any atom is 0.316 e. The third-order valence-corrected chi connectivity index (χ3v) is 4.69. The lowest BCUT2D eigenvalue weighted by atomic mass is 10.1. The lowest BCUT2D eigenvalue weighted by molar-refractivity contribution is -0.107. The first-order valence-corrected chi connectivity index (χ1v) is 8.05. The molecular weight excluding hydrogens is 312 g/mol. The van der Waals surface area contributed by atoms with Gasteiger partial charge in [0.05, 0.1) is 0 Å². The van der Waals surface area contributed by atoms with Gasteiger partial charge in [0.25, 0.3) is 0 Å². The molecule has 0 aliphatic rings. The van der Waals surface area contributed by atoms with Gasteiger partial charge in [-0.15, -0.1) is 0 Å². The smallest absolute Gasteiger partial charge is 0.316 e. The molecule has 110 valence electrons. The Morgan fingerprint density at radius 1 is 1.05 bits per heavy atom. The van der Waals surface area contributed by atoms with Crippen LogP contribution in [0.5, 0.6) is 5.75 Å². The fraction of sp³-hybridized carbons (Fsp3) is 0.133. The zero-order valence-electron chi connectivity index (χ0n) is 11.0. The molecule has 0 saturated carbocycles. The summed E-state index contributed by atoms with van der Waals surface area (Å²) in [6, 6.07) is 14.5. The van der Waals surface area contributed by atoms with Crippen molar-refractivity contribution in [1.82, 2.24) is 0 Å². The number of hydrogen-bond donors (Lipinski definition) is 0. The fourth-order valence-corrected chi connectivity index (χ4v) is 3.28. The molecule has 2 aromatic rings. The molecule has 2 aromatic carbocycles. The van der Waals surface area contributed by atoms with Gasteiger partial charge in [0, 0.05) is 11.4 Å². The maximum absolute atomic E-state index is 12.4. The van der Waals surface area contributed by atoms with Crippen LogP contribution in [-0.4, -0.2) is 14.7 Å². The summed E-state index contributed by atoms with van der Waals surface area (Å²) in [5.41, 5.74) is 0.513. The van der Waals surface area contributed by atoms with Crippen LogP contribution in [0.4, 0.5) is 0 Å². The van der Waals surface area contributed by atoms with E-state index in [1.165, 1.54) is 24.3 Å². The molecule has 0 N–H and O–H groups in total. The summed E-state index contributed by atoms with van der Waals surface area (Å²) in [5, 5.41) is -0.556. The Kier molecular flexibility index (Phi) is 4.98. The molecule has 0 saturated heterocycles. The number of carbonyl (C=O) groups is 1. The molecule has 0 aromatic heterocycles. The average molecular weight is 325 g/mol. The predicted molar refractivity (Wildman–Crippen MR) is 80.9 cm³/mol. The van der Waals surface area contributed by atoms with Gasteiger partial charge in [-0.2, -0.15) is 8.42 Å². The van der Waals surface area contributed by atoms with Crippen molar-refractivity contribution in [2.24, 2.45) is 0 Å². The van der Waals surface area contributed by atoms with Gasteiger partial charge < -0.3 is 8.98 Å². The van der Waals surface area contributed by atoms with Crippen molar-refractivity contribution in [2.45, 2.75) is 11.7 Å². The van der Waals surface area contributed by atoms with Crippen LogP contribution in [0.3, 0.4) is 0 Å². The molecular formula is C15H13ClO4S. The minimum atomic E-state index is -3.98. The third kappa shape index (κ3) is 4.06. The highest BCUT2D eigenvalue weighted by atomic mass is 35.5. The first-order chi connectivity index (χ1) is 10.0. The van der Waals surface area contributed by atoms with Crippen molar-refractivity contribution in [1.29, 1.82) is 0 Å². The summed E-state index contributed by atoms with van der Waals surface area (Å²) in [6.45, 7) is 0. The first-order valence-electron chi connectivity index (χ1n) is 6.20. The van der Waals surface area contributed by atoms with E-state index < -0.39 is 15.4 Å². The number of carbonyl (C=O) groups excluding carboxylic acids is 1. The molecule has 0 spiro atoms. The molecule has 0 heterocycles. The van der Waals surface area contributed by atoms with Crippen molar-refractivity contribution < 1.29 is 17.4 Å². The lowest BCUT2D eigenvalue weighted by Crippen LogP contribution is -2.19. The normalized spacial score (nSPS) is 12.6. The Morgan fingerprint density at radius 2 is 1.67 bits per heavy atom. The van der Waals surface area contributed by atoms with Gasteiger partial charge in [0.1, 0.15) is 17.3 Å². The van der Waals surface area contributed by atoms with E-state index in [2.05, 4.69) is 0 Å². The Labute approximate surface area is 128 Å². The third-order valence-electron chi connectivity index (χ3n) is 2.86. The number of hydrogen-bond acceptors (Lipinski definition) is 4. The van der Waals surface area contributed by atoms with E-state index in [1.54, 1.807) is 30.3 Å². The van der Waals surface area contributed by atoms with Gasteiger partial charge in [-0.05, 0) is 29.8 Å². The molecule has 1 unspecified atom stereocenters. The van der Waals surface area contributed by atoms with Crippen LogP contribution in [0.1, 0.15) is 17.2 Å². The molecule has 0 aliphatic carbocycles. The van der Waals surface area contributed by atoms with Gasteiger partial charge in [0.2, 0.25) is 0 Å². The Balaban J connectivity index is 2.30. The molecule has 0 amide bonds. The van der Waals surface area contributed by atoms with E-state index in [4.69, 9.17) is 15.8 Å². The number of benzene rings is 2. The predicted octanol–water partition coefficient (Wildman–Crippen LogP) is 3.38. The summed E-state index contributed by atoms with van der Waals surface area (Å²) >= 11 is 5.74. The molecule has 6 heteroatoms. The van der Waals surface area contributed by atoms with Crippen LogP contribution < -0.4 is 4.18 Å². The first kappa shape index (κ1) is 15.5. The van der Waals surface area contributed by atoms with Crippen LogP contribution in [0.2, 0.25) is 5.02 Å². The van der Waals surface area contributed by atoms with Crippen molar-refractivity contribution in [3.05, 3.63) is 65.2 Å². The van der Waals surface area contributed by atoms with Crippen molar-refractivity contribution in [3.63, 3.8) is 0 Å². The number of aldehydes is 1. The van der Waals surface area contributed by atoms with Crippen LogP contribution in [0.15, 0.2) is 54.6 Å². The minimum absolute atomic E-state index is 0.159. The van der Waals surface area contributed by atoms with Gasteiger partial charge in [0.15, 0.2) is 0 Å². The SMILES string of the molecule is O=CCC(c1ccccc1)S(=O)(=O)Oc1ccc(Cl)cc1. The van der Waals surface area contributed by atoms with Crippen LogP contribution in [-0.2, 0) is 14.9 Å². The van der Waals surface area contributed by atoms with E-state index in [0.29, 0.717) is 16.9 Å². The summed E-state index contributed by atoms with van der Waals surface area (Å²) in [7, 11) is -3.98. The van der Waals surface area contributed by atoms with Crippen molar-refractivity contribution >= 4 is 28.0 Å². The molecule has 0 fully saturated rings. The topological polar surface area (TPSA) is 60.4 Å². The number of halogens is 1. The Hall–Kier alpha value is -1.85. The molecule has 1 atom stereocenters. The summed E-state index contributed by atoms with van der Waals surface area (Å²) in [4.78, 5) is 10.8. The van der Waals surface area contributed by atoms with E-state index in [-0.39, 0.29) is 12.2 Å². The van der Waals surface area contributed by atoms with E-state index in [1.807, 2.05) is 0 Å². The fourth-order valence-electron chi connectivity index (χ4n) is 1.86. The molecule has 0 bridgehead atoms. The molecule has 2 rings (SSSR count). The Morgan fingerprint density at radius 3 is 2.24 bits per heavy atom. The summed E-state index contributed by atoms with van der Waals surface area (Å²) in [5.74, 6) is 0.159. The molecule has 0 aliphatic heterocycles. The maximum atomic E-state index is 12.4. The second-order valence-electron chi connectivity index (χ2n) is 4.33. The lowest BCUT2D eigenvalue weighted by Gasteiger charge is -2.16. The van der Waals surface area contributed by atoms with Gasteiger partial charge in [-0.3, -0.25) is 0 Å².